The van der Waals surface area contributed by atoms with Gasteiger partial charge in [-0.2, -0.15) is 4.09 Å². The molecular weight excluding hydrogens is 244 g/mol. The molecule has 0 N–H and O–H groups in total. The Morgan fingerprint density at radius 1 is 1.22 bits per heavy atom. The predicted molar refractivity (Wildman–Crippen MR) is 77.0 cm³/mol. The molecule has 0 spiro atoms. The minimum atomic E-state index is 0.887. The summed E-state index contributed by atoms with van der Waals surface area (Å²) in [6, 6.07) is 8.42. The van der Waals surface area contributed by atoms with Gasteiger partial charge < -0.3 is 4.90 Å². The van der Waals surface area contributed by atoms with E-state index in [2.05, 4.69) is 53.6 Å². The van der Waals surface area contributed by atoms with Crippen LogP contribution in [0.3, 0.4) is 0 Å². The summed E-state index contributed by atoms with van der Waals surface area (Å²) in [5.74, 6) is 0.887. The molecule has 1 heterocycles. The lowest BCUT2D eigenvalue weighted by Gasteiger charge is -2.16. The first-order valence-electron chi connectivity index (χ1n) is 5.87. The summed E-state index contributed by atoms with van der Waals surface area (Å²) < 4.78 is 1.89. The lowest BCUT2D eigenvalue weighted by molar-refractivity contribution is 0.870. The van der Waals surface area contributed by atoms with E-state index in [1.165, 1.54) is 11.3 Å². The second-order valence-electron chi connectivity index (χ2n) is 4.43. The highest BCUT2D eigenvalue weighted by atomic mass is 32.2. The second-order valence-corrected chi connectivity index (χ2v) is 5.32. The molecule has 18 heavy (non-hydrogen) atoms. The number of aromatic nitrogens is 3. The highest BCUT2D eigenvalue weighted by Gasteiger charge is 2.07. The minimum Gasteiger partial charge on any atom is -0.377 e. The zero-order valence-corrected chi connectivity index (χ0v) is 12.0. The van der Waals surface area contributed by atoms with Gasteiger partial charge >= 0.3 is 0 Å². The maximum Gasteiger partial charge on any atom is 0.0836 e. The van der Waals surface area contributed by atoms with Crippen LogP contribution in [0.2, 0.25) is 0 Å². The molecule has 96 valence electrons. The Hall–Kier alpha value is -1.49. The van der Waals surface area contributed by atoms with Crippen LogP contribution >= 0.6 is 11.9 Å². The van der Waals surface area contributed by atoms with E-state index in [0.29, 0.717) is 0 Å². The molecule has 4 nitrogen and oxygen atoms in total. The Kier molecular flexibility index (Phi) is 3.91. The lowest BCUT2D eigenvalue weighted by Crippen LogP contribution is -2.11. The summed E-state index contributed by atoms with van der Waals surface area (Å²) in [5.41, 5.74) is 4.66. The predicted octanol–water partition coefficient (Wildman–Crippen LogP) is 2.66. The van der Waals surface area contributed by atoms with Crippen LogP contribution in [-0.4, -0.2) is 28.5 Å². The van der Waals surface area contributed by atoms with Crippen LogP contribution in [0.5, 0.6) is 0 Å². The van der Waals surface area contributed by atoms with Crippen LogP contribution in [0, 0.1) is 13.8 Å². The van der Waals surface area contributed by atoms with Gasteiger partial charge in [0.1, 0.15) is 0 Å². The van der Waals surface area contributed by atoms with E-state index in [1.807, 2.05) is 17.9 Å². The topological polar surface area (TPSA) is 34.0 Å². The van der Waals surface area contributed by atoms with Crippen LogP contribution in [0.1, 0.15) is 17.0 Å². The summed E-state index contributed by atoms with van der Waals surface area (Å²) in [4.78, 5) is 2.13. The van der Waals surface area contributed by atoms with Crippen molar-refractivity contribution in [3.8, 4) is 0 Å². The highest BCUT2D eigenvalue weighted by molar-refractivity contribution is 7.96. The third-order valence-corrected chi connectivity index (χ3v) is 3.93. The number of nitrogens with zero attached hydrogens (tertiary/aromatic N) is 4. The summed E-state index contributed by atoms with van der Waals surface area (Å²) >= 11 is 1.67. The van der Waals surface area contributed by atoms with Crippen molar-refractivity contribution in [2.45, 2.75) is 19.6 Å². The van der Waals surface area contributed by atoms with Gasteiger partial charge in [-0.1, -0.05) is 23.4 Å². The third kappa shape index (κ3) is 2.67. The van der Waals surface area contributed by atoms with Gasteiger partial charge in [0.05, 0.1) is 11.4 Å². The normalized spacial score (nSPS) is 10.7. The van der Waals surface area contributed by atoms with Crippen LogP contribution in [0.4, 0.5) is 5.69 Å². The Bertz CT molecular complexity index is 534. The standard InChI is InChI=1S/C13H18N4S/c1-10-11(2)17(15-14-10)18-9-12-7-5-6-8-13(12)16(3)4/h5-8H,9H2,1-4H3. The quantitative estimate of drug-likeness (QED) is 0.848. The highest BCUT2D eigenvalue weighted by Crippen LogP contribution is 2.24. The van der Waals surface area contributed by atoms with E-state index in [1.54, 1.807) is 11.9 Å². The maximum atomic E-state index is 4.12. The number of benzene rings is 1. The number of para-hydroxylation sites is 1. The average Bonchev–Trinajstić information content (AvgIpc) is 2.68. The van der Waals surface area contributed by atoms with Crippen LogP contribution in [0.25, 0.3) is 0 Å². The van der Waals surface area contributed by atoms with Gasteiger partial charge in [0.25, 0.3) is 0 Å². The van der Waals surface area contributed by atoms with Gasteiger partial charge in [-0.3, -0.25) is 0 Å². The Morgan fingerprint density at radius 3 is 2.56 bits per heavy atom. The monoisotopic (exact) mass is 262 g/mol. The fraction of sp³-hybridized carbons (Fsp3) is 0.385. The van der Waals surface area contributed by atoms with E-state index in [9.17, 15) is 0 Å². The molecule has 2 rings (SSSR count). The van der Waals surface area contributed by atoms with Crippen molar-refractivity contribution in [1.29, 1.82) is 0 Å². The number of rotatable bonds is 4. The Labute approximate surface area is 112 Å². The molecule has 0 atom stereocenters. The minimum absolute atomic E-state index is 0.887. The summed E-state index contributed by atoms with van der Waals surface area (Å²) in [7, 11) is 4.13. The molecule has 0 aliphatic carbocycles. The molecule has 0 fully saturated rings. The van der Waals surface area contributed by atoms with Crippen molar-refractivity contribution in [1.82, 2.24) is 14.4 Å². The van der Waals surface area contributed by atoms with Gasteiger partial charge in [0, 0.05) is 25.5 Å². The van der Waals surface area contributed by atoms with Gasteiger partial charge in [-0.25, -0.2) is 0 Å². The fourth-order valence-electron chi connectivity index (χ4n) is 1.71. The van der Waals surface area contributed by atoms with Crippen molar-refractivity contribution in [2.24, 2.45) is 0 Å². The first-order chi connectivity index (χ1) is 8.59. The zero-order chi connectivity index (χ0) is 13.1. The van der Waals surface area contributed by atoms with Crippen LogP contribution < -0.4 is 4.90 Å². The lowest BCUT2D eigenvalue weighted by atomic mass is 10.2. The number of hydrogen-bond acceptors (Lipinski definition) is 4. The molecule has 2 aromatic rings. The smallest absolute Gasteiger partial charge is 0.0836 e. The largest absolute Gasteiger partial charge is 0.377 e. The van der Waals surface area contributed by atoms with Gasteiger partial charge in [-0.15, -0.1) is 5.10 Å². The number of anilines is 1. The molecule has 0 saturated heterocycles. The maximum absolute atomic E-state index is 4.12. The second kappa shape index (κ2) is 5.44. The van der Waals surface area contributed by atoms with E-state index in [-0.39, 0.29) is 0 Å². The first-order valence-corrected chi connectivity index (χ1v) is 6.81. The average molecular weight is 262 g/mol. The van der Waals surface area contributed by atoms with Crippen LogP contribution in [-0.2, 0) is 5.75 Å². The van der Waals surface area contributed by atoms with E-state index < -0.39 is 0 Å². The summed E-state index contributed by atoms with van der Waals surface area (Å²) in [5, 5.41) is 8.19. The van der Waals surface area contributed by atoms with E-state index >= 15 is 0 Å². The van der Waals surface area contributed by atoms with E-state index in [0.717, 1.165) is 17.1 Å². The van der Waals surface area contributed by atoms with Crippen molar-refractivity contribution in [3.63, 3.8) is 0 Å². The van der Waals surface area contributed by atoms with Crippen molar-refractivity contribution in [2.75, 3.05) is 19.0 Å². The van der Waals surface area contributed by atoms with Crippen LogP contribution in [0.15, 0.2) is 24.3 Å². The number of hydrogen-bond donors (Lipinski definition) is 0. The Balaban J connectivity index is 2.13. The fourth-order valence-corrected chi connectivity index (χ4v) is 2.63. The van der Waals surface area contributed by atoms with Gasteiger partial charge in [0.2, 0.25) is 0 Å². The van der Waals surface area contributed by atoms with E-state index in [4.69, 9.17) is 0 Å². The summed E-state index contributed by atoms with van der Waals surface area (Å²) in [6.07, 6.45) is 0. The molecule has 0 aliphatic rings. The molecular formula is C13H18N4S. The summed E-state index contributed by atoms with van der Waals surface area (Å²) in [6.45, 7) is 4.02. The molecule has 1 aromatic carbocycles. The van der Waals surface area contributed by atoms with Gasteiger partial charge in [-0.05, 0) is 37.4 Å². The van der Waals surface area contributed by atoms with Crippen molar-refractivity contribution < 1.29 is 0 Å². The molecule has 0 amide bonds. The first kappa shape index (κ1) is 13.0. The molecule has 0 bridgehead atoms. The molecule has 0 unspecified atom stereocenters. The zero-order valence-electron chi connectivity index (χ0n) is 11.2. The van der Waals surface area contributed by atoms with Gasteiger partial charge in [0.15, 0.2) is 0 Å². The molecule has 5 heteroatoms. The SMILES string of the molecule is Cc1nnn(SCc2ccccc2N(C)C)c1C. The number of aryl methyl sites for hydroxylation is 1. The third-order valence-electron chi connectivity index (χ3n) is 2.90. The molecule has 0 radical (unpaired) electrons. The van der Waals surface area contributed by atoms with Crippen molar-refractivity contribution in [3.05, 3.63) is 41.2 Å². The molecule has 1 aromatic heterocycles. The molecule has 0 saturated carbocycles. The Morgan fingerprint density at radius 2 is 1.94 bits per heavy atom. The van der Waals surface area contributed by atoms with Crippen molar-refractivity contribution >= 4 is 17.6 Å². The molecule has 0 aliphatic heterocycles.